The summed E-state index contributed by atoms with van der Waals surface area (Å²) in [5.74, 6) is -0.0292. The maximum atomic E-state index is 13.3. The fourth-order valence-electron chi connectivity index (χ4n) is 5.36. The number of benzene rings is 2. The van der Waals surface area contributed by atoms with E-state index in [1.165, 1.54) is 6.33 Å². The lowest BCUT2D eigenvalue weighted by Gasteiger charge is -2.25. The van der Waals surface area contributed by atoms with Gasteiger partial charge >= 0.3 is 6.03 Å². The number of urea groups is 1. The van der Waals surface area contributed by atoms with Crippen LogP contribution in [0.15, 0.2) is 53.7 Å². The van der Waals surface area contributed by atoms with Gasteiger partial charge in [-0.15, -0.1) is 0 Å². The number of aromatic nitrogens is 2. The van der Waals surface area contributed by atoms with E-state index in [4.69, 9.17) is 0 Å². The number of carbonyl (C=O) groups excluding carboxylic acids is 1. The third kappa shape index (κ3) is 4.01. The Balaban J connectivity index is 1.42. The number of aryl methyl sites for hydroxylation is 1. The van der Waals surface area contributed by atoms with Gasteiger partial charge in [-0.2, -0.15) is 0 Å². The second kappa shape index (κ2) is 8.92. The number of nitrogens with zero attached hydrogens (tertiary/aromatic N) is 3. The van der Waals surface area contributed by atoms with Crippen molar-refractivity contribution in [2.75, 3.05) is 17.7 Å². The largest absolute Gasteiger partial charge is 0.612 e. The summed E-state index contributed by atoms with van der Waals surface area (Å²) in [7, 11) is 0. The SMILES string of the molecule is Cc1ncnc(O)c1-c1ccc2c(c1)C1(CCCC1)CN2C(=O)NCc1ccc([S+](C)[O-])cc1. The van der Waals surface area contributed by atoms with E-state index in [-0.39, 0.29) is 17.3 Å². The number of fused-ring (bicyclic) bond motifs is 2. The van der Waals surface area contributed by atoms with Crippen LogP contribution in [0, 0.1) is 6.92 Å². The first-order valence-corrected chi connectivity index (χ1v) is 13.1. The van der Waals surface area contributed by atoms with Gasteiger partial charge in [-0.3, -0.25) is 4.90 Å². The Morgan fingerprint density at radius 2 is 1.91 bits per heavy atom. The van der Waals surface area contributed by atoms with Crippen LogP contribution in [-0.2, 0) is 23.1 Å². The van der Waals surface area contributed by atoms with E-state index in [1.807, 2.05) is 48.2 Å². The molecule has 8 heteroatoms. The number of hydrogen-bond donors (Lipinski definition) is 2. The van der Waals surface area contributed by atoms with Crippen molar-refractivity contribution in [2.45, 2.75) is 49.5 Å². The third-order valence-corrected chi connectivity index (χ3v) is 8.07. The first-order chi connectivity index (χ1) is 16.4. The number of carbonyl (C=O) groups is 1. The van der Waals surface area contributed by atoms with Crippen molar-refractivity contribution >= 4 is 22.9 Å². The number of amides is 2. The smallest absolute Gasteiger partial charge is 0.322 e. The molecule has 0 radical (unpaired) electrons. The summed E-state index contributed by atoms with van der Waals surface area (Å²) in [6.45, 7) is 2.92. The monoisotopic (exact) mass is 476 g/mol. The van der Waals surface area contributed by atoms with Gasteiger partial charge in [0.15, 0.2) is 4.90 Å². The number of nitrogens with one attached hydrogen (secondary N) is 1. The van der Waals surface area contributed by atoms with Crippen LogP contribution < -0.4 is 10.2 Å². The predicted molar refractivity (Wildman–Crippen MR) is 132 cm³/mol. The number of hydrogen-bond acceptors (Lipinski definition) is 5. The molecule has 0 saturated heterocycles. The van der Waals surface area contributed by atoms with Crippen LogP contribution >= 0.6 is 0 Å². The van der Waals surface area contributed by atoms with Crippen molar-refractivity contribution in [3.05, 3.63) is 65.6 Å². The highest BCUT2D eigenvalue weighted by Crippen LogP contribution is 2.51. The topological polar surface area (TPSA) is 101 Å². The van der Waals surface area contributed by atoms with Crippen LogP contribution in [0.5, 0.6) is 5.88 Å². The molecule has 1 unspecified atom stereocenters. The summed E-state index contributed by atoms with van der Waals surface area (Å²) in [6, 6.07) is 13.4. The lowest BCUT2D eigenvalue weighted by atomic mass is 9.80. The Morgan fingerprint density at radius 1 is 1.18 bits per heavy atom. The molecule has 0 bridgehead atoms. The molecule has 2 heterocycles. The molecule has 2 aromatic carbocycles. The van der Waals surface area contributed by atoms with Crippen LogP contribution in [0.25, 0.3) is 11.1 Å². The highest BCUT2D eigenvalue weighted by molar-refractivity contribution is 7.90. The zero-order valence-electron chi connectivity index (χ0n) is 19.4. The minimum atomic E-state index is -1.02. The molecule has 1 fully saturated rings. The van der Waals surface area contributed by atoms with Crippen molar-refractivity contribution in [1.82, 2.24) is 15.3 Å². The van der Waals surface area contributed by atoms with E-state index in [9.17, 15) is 14.5 Å². The summed E-state index contributed by atoms with van der Waals surface area (Å²) >= 11 is -1.02. The zero-order chi connectivity index (χ0) is 23.9. The Hall–Kier alpha value is -3.10. The van der Waals surface area contributed by atoms with Crippen LogP contribution in [0.3, 0.4) is 0 Å². The number of rotatable bonds is 4. The van der Waals surface area contributed by atoms with Gasteiger partial charge in [0.25, 0.3) is 0 Å². The first kappa shape index (κ1) is 22.7. The van der Waals surface area contributed by atoms with E-state index < -0.39 is 11.2 Å². The fourth-order valence-corrected chi connectivity index (χ4v) is 5.88. The molecule has 1 saturated carbocycles. The van der Waals surface area contributed by atoms with Crippen molar-refractivity contribution in [2.24, 2.45) is 0 Å². The fraction of sp³-hybridized carbons (Fsp3) is 0.346. The van der Waals surface area contributed by atoms with Gasteiger partial charge in [0, 0.05) is 24.2 Å². The summed E-state index contributed by atoms with van der Waals surface area (Å²) in [5.41, 5.74) is 5.22. The maximum absolute atomic E-state index is 13.3. The van der Waals surface area contributed by atoms with Crippen molar-refractivity contribution in [3.8, 4) is 17.0 Å². The van der Waals surface area contributed by atoms with Crippen LogP contribution in [-0.4, -0.2) is 38.5 Å². The van der Waals surface area contributed by atoms with Gasteiger partial charge in [0.1, 0.15) is 12.6 Å². The average Bonchev–Trinajstić information content (AvgIpc) is 3.43. The minimum absolute atomic E-state index is 0.0292. The lowest BCUT2D eigenvalue weighted by molar-refractivity contribution is 0.245. The van der Waals surface area contributed by atoms with Gasteiger partial charge in [-0.05, 0) is 71.9 Å². The summed E-state index contributed by atoms with van der Waals surface area (Å²) in [4.78, 5) is 24.1. The Labute approximate surface area is 202 Å². The first-order valence-electron chi connectivity index (χ1n) is 11.5. The second-order valence-corrected chi connectivity index (χ2v) is 10.6. The van der Waals surface area contributed by atoms with Gasteiger partial charge in [-0.1, -0.05) is 31.0 Å². The van der Waals surface area contributed by atoms with Gasteiger partial charge in [0.05, 0.1) is 11.3 Å². The molecular weight excluding hydrogens is 448 g/mol. The number of aromatic hydroxyl groups is 1. The summed E-state index contributed by atoms with van der Waals surface area (Å²) in [6.07, 6.45) is 7.38. The highest BCUT2D eigenvalue weighted by Gasteiger charge is 2.46. The molecule has 1 aliphatic heterocycles. The quantitative estimate of drug-likeness (QED) is 0.542. The zero-order valence-corrected chi connectivity index (χ0v) is 20.2. The maximum Gasteiger partial charge on any atom is 0.322 e. The Kier molecular flexibility index (Phi) is 5.95. The predicted octanol–water partition coefficient (Wildman–Crippen LogP) is 4.44. The van der Waals surface area contributed by atoms with E-state index in [2.05, 4.69) is 21.4 Å². The molecule has 176 valence electrons. The average molecular weight is 477 g/mol. The molecule has 2 aliphatic rings. The summed E-state index contributed by atoms with van der Waals surface area (Å²) < 4.78 is 11.6. The molecule has 2 amide bonds. The minimum Gasteiger partial charge on any atom is -0.612 e. The van der Waals surface area contributed by atoms with Gasteiger partial charge in [-0.25, -0.2) is 14.8 Å². The third-order valence-electron chi connectivity index (χ3n) is 7.13. The number of anilines is 1. The molecule has 1 atom stereocenters. The molecule has 1 aliphatic carbocycles. The lowest BCUT2D eigenvalue weighted by Crippen LogP contribution is -2.41. The molecule has 7 nitrogen and oxygen atoms in total. The van der Waals surface area contributed by atoms with E-state index >= 15 is 0 Å². The van der Waals surface area contributed by atoms with Crippen molar-refractivity contribution in [1.29, 1.82) is 0 Å². The highest BCUT2D eigenvalue weighted by atomic mass is 32.2. The molecule has 2 N–H and O–H groups in total. The van der Waals surface area contributed by atoms with E-state index in [0.29, 0.717) is 18.7 Å². The molecule has 1 aromatic heterocycles. The molecule has 5 rings (SSSR count). The summed E-state index contributed by atoms with van der Waals surface area (Å²) in [5, 5.41) is 13.4. The van der Waals surface area contributed by atoms with Crippen LogP contribution in [0.2, 0.25) is 0 Å². The van der Waals surface area contributed by atoms with E-state index in [1.54, 1.807) is 6.26 Å². The standard InChI is InChI=1S/C26H28N4O3S/c1-17-23(24(31)29-16-28-17)19-7-10-22-21(13-19)26(11-3-4-12-26)15-30(22)25(32)27-14-18-5-8-20(9-6-18)34(2)33/h5-10,13,16H,3-4,11-12,14-15H2,1-2H3,(H,27,32)(H,28,29,31). The molecule has 1 spiro atoms. The van der Waals surface area contributed by atoms with Crippen LogP contribution in [0.1, 0.15) is 42.5 Å². The second-order valence-electron chi connectivity index (χ2n) is 9.22. The van der Waals surface area contributed by atoms with E-state index in [0.717, 1.165) is 58.7 Å². The van der Waals surface area contributed by atoms with Crippen molar-refractivity contribution in [3.63, 3.8) is 0 Å². The normalized spacial score (nSPS) is 17.1. The molecular formula is C26H28N4O3S. The Morgan fingerprint density at radius 3 is 2.59 bits per heavy atom. The van der Waals surface area contributed by atoms with Crippen molar-refractivity contribution < 1.29 is 14.5 Å². The Bertz CT molecular complexity index is 1200. The van der Waals surface area contributed by atoms with Gasteiger partial charge < -0.3 is 15.0 Å². The molecule has 34 heavy (non-hydrogen) atoms. The van der Waals surface area contributed by atoms with Crippen LogP contribution in [0.4, 0.5) is 10.5 Å². The van der Waals surface area contributed by atoms with Gasteiger partial charge in [0.2, 0.25) is 5.88 Å². The molecule has 3 aromatic rings.